The maximum Gasteiger partial charge on any atom is 0.0704 e. The van der Waals surface area contributed by atoms with Crippen LogP contribution in [0.5, 0.6) is 0 Å². The van der Waals surface area contributed by atoms with Crippen molar-refractivity contribution in [2.75, 3.05) is 33.5 Å². The fourth-order valence-corrected chi connectivity index (χ4v) is 3.19. The highest BCUT2D eigenvalue weighted by molar-refractivity contribution is 6.21. The van der Waals surface area contributed by atoms with Gasteiger partial charge in [-0.3, -0.25) is 0 Å². The molecule has 0 saturated heterocycles. The molecular weight excluding hydrogens is 240 g/mol. The highest BCUT2D eigenvalue weighted by Gasteiger charge is 2.52. The predicted octanol–water partition coefficient (Wildman–Crippen LogP) is 2.85. The molecule has 17 heavy (non-hydrogen) atoms. The van der Waals surface area contributed by atoms with Gasteiger partial charge in [-0.15, -0.1) is 11.6 Å². The van der Waals surface area contributed by atoms with E-state index in [1.807, 2.05) is 0 Å². The summed E-state index contributed by atoms with van der Waals surface area (Å²) in [5.41, 5.74) is 0.189. The van der Waals surface area contributed by atoms with Crippen molar-refractivity contribution in [2.45, 2.75) is 44.6 Å². The van der Waals surface area contributed by atoms with E-state index in [0.29, 0.717) is 32.5 Å². The second-order valence-electron chi connectivity index (χ2n) is 4.61. The molecule has 1 saturated carbocycles. The number of alkyl halides is 1. The van der Waals surface area contributed by atoms with Crippen molar-refractivity contribution in [1.82, 2.24) is 0 Å². The Morgan fingerprint density at radius 1 is 1.12 bits per heavy atom. The molecule has 1 aliphatic rings. The maximum atomic E-state index is 6.32. The summed E-state index contributed by atoms with van der Waals surface area (Å²) in [6, 6.07) is 0. The molecule has 0 N–H and O–H groups in total. The van der Waals surface area contributed by atoms with Crippen molar-refractivity contribution in [1.29, 1.82) is 0 Å². The van der Waals surface area contributed by atoms with Crippen molar-refractivity contribution in [3.05, 3.63) is 0 Å². The van der Waals surface area contributed by atoms with Crippen LogP contribution in [-0.4, -0.2) is 45.0 Å². The largest absolute Gasteiger partial charge is 0.382 e. The first kappa shape index (κ1) is 15.2. The zero-order chi connectivity index (χ0) is 12.7. The lowest BCUT2D eigenvalue weighted by atomic mass is 9.62. The number of halogens is 1. The summed E-state index contributed by atoms with van der Waals surface area (Å²) >= 11 is 6.32. The molecular formula is C13H25ClO3. The zero-order valence-corrected chi connectivity index (χ0v) is 12.0. The summed E-state index contributed by atoms with van der Waals surface area (Å²) in [4.78, 5) is 0. The SMILES string of the molecule is CCC1(CC)C(Cl)CC1OCCOCCOC. The Balaban J connectivity index is 2.15. The average Bonchev–Trinajstić information content (AvgIpc) is 2.34. The summed E-state index contributed by atoms with van der Waals surface area (Å²) < 4.78 is 16.1. The van der Waals surface area contributed by atoms with E-state index in [4.69, 9.17) is 25.8 Å². The van der Waals surface area contributed by atoms with Crippen molar-refractivity contribution in [3.8, 4) is 0 Å². The lowest BCUT2D eigenvalue weighted by Gasteiger charge is -2.52. The van der Waals surface area contributed by atoms with E-state index < -0.39 is 0 Å². The van der Waals surface area contributed by atoms with Crippen LogP contribution in [0.3, 0.4) is 0 Å². The summed E-state index contributed by atoms with van der Waals surface area (Å²) in [7, 11) is 1.67. The molecule has 1 aliphatic carbocycles. The fraction of sp³-hybridized carbons (Fsp3) is 1.00. The molecule has 2 atom stereocenters. The van der Waals surface area contributed by atoms with Gasteiger partial charge in [-0.05, 0) is 19.3 Å². The fourth-order valence-electron chi connectivity index (χ4n) is 2.57. The van der Waals surface area contributed by atoms with Gasteiger partial charge in [0.15, 0.2) is 0 Å². The zero-order valence-electron chi connectivity index (χ0n) is 11.2. The lowest BCUT2D eigenvalue weighted by molar-refractivity contribution is -0.123. The van der Waals surface area contributed by atoms with Crippen molar-refractivity contribution >= 4 is 11.6 Å². The number of methoxy groups -OCH3 is 1. The molecule has 0 radical (unpaired) electrons. The Bertz CT molecular complexity index is 207. The number of ether oxygens (including phenoxy) is 3. The van der Waals surface area contributed by atoms with Crippen molar-refractivity contribution in [3.63, 3.8) is 0 Å². The van der Waals surface area contributed by atoms with Crippen LogP contribution in [0, 0.1) is 5.41 Å². The summed E-state index contributed by atoms with van der Waals surface area (Å²) in [5, 5.41) is 0.275. The Kier molecular flexibility index (Phi) is 6.78. The Morgan fingerprint density at radius 3 is 2.29 bits per heavy atom. The van der Waals surface area contributed by atoms with Gasteiger partial charge in [0.25, 0.3) is 0 Å². The summed E-state index contributed by atoms with van der Waals surface area (Å²) in [5.74, 6) is 0. The van der Waals surface area contributed by atoms with Crippen LogP contribution in [0.25, 0.3) is 0 Å². The minimum absolute atomic E-state index is 0.189. The topological polar surface area (TPSA) is 27.7 Å². The Labute approximate surface area is 110 Å². The van der Waals surface area contributed by atoms with E-state index in [1.54, 1.807) is 7.11 Å². The van der Waals surface area contributed by atoms with E-state index >= 15 is 0 Å². The molecule has 1 rings (SSSR count). The molecule has 0 aromatic rings. The second kappa shape index (κ2) is 7.57. The third kappa shape index (κ3) is 3.57. The molecule has 1 fully saturated rings. The van der Waals surface area contributed by atoms with E-state index in [2.05, 4.69) is 13.8 Å². The molecule has 0 bridgehead atoms. The minimum atomic E-state index is 0.189. The normalized spacial score (nSPS) is 26.8. The van der Waals surface area contributed by atoms with Crippen LogP contribution < -0.4 is 0 Å². The van der Waals surface area contributed by atoms with E-state index in [-0.39, 0.29) is 10.8 Å². The Morgan fingerprint density at radius 2 is 1.76 bits per heavy atom. The number of hydrogen-bond donors (Lipinski definition) is 0. The highest BCUT2D eigenvalue weighted by atomic mass is 35.5. The van der Waals surface area contributed by atoms with Gasteiger partial charge in [0, 0.05) is 17.9 Å². The molecule has 4 heteroatoms. The standard InChI is InChI=1S/C13H25ClO3/c1-4-13(5-2)11(14)10-12(13)17-9-8-16-7-6-15-3/h11-12H,4-10H2,1-3H3. The molecule has 3 nitrogen and oxygen atoms in total. The number of rotatable bonds is 9. The van der Waals surface area contributed by atoms with Gasteiger partial charge in [-0.25, -0.2) is 0 Å². The van der Waals surface area contributed by atoms with Gasteiger partial charge in [0.2, 0.25) is 0 Å². The van der Waals surface area contributed by atoms with Gasteiger partial charge in [-0.1, -0.05) is 13.8 Å². The van der Waals surface area contributed by atoms with E-state index in [1.165, 1.54) is 0 Å². The summed E-state index contributed by atoms with van der Waals surface area (Å²) in [6.45, 7) is 6.96. The summed E-state index contributed by atoms with van der Waals surface area (Å²) in [6.07, 6.45) is 3.46. The van der Waals surface area contributed by atoms with Gasteiger partial charge in [0.1, 0.15) is 0 Å². The minimum Gasteiger partial charge on any atom is -0.382 e. The lowest BCUT2D eigenvalue weighted by Crippen LogP contribution is -2.55. The van der Waals surface area contributed by atoms with Gasteiger partial charge in [0.05, 0.1) is 32.5 Å². The second-order valence-corrected chi connectivity index (χ2v) is 5.13. The first-order chi connectivity index (χ1) is 8.21. The Hall–Kier alpha value is 0.170. The highest BCUT2D eigenvalue weighted by Crippen LogP contribution is 2.51. The van der Waals surface area contributed by atoms with Crippen LogP contribution in [0.1, 0.15) is 33.1 Å². The molecule has 0 amide bonds. The van der Waals surface area contributed by atoms with Crippen molar-refractivity contribution in [2.24, 2.45) is 5.41 Å². The number of hydrogen-bond acceptors (Lipinski definition) is 3. The predicted molar refractivity (Wildman–Crippen MR) is 69.7 cm³/mol. The van der Waals surface area contributed by atoms with Crippen LogP contribution in [0.2, 0.25) is 0 Å². The molecule has 0 aliphatic heterocycles. The van der Waals surface area contributed by atoms with Gasteiger partial charge in [-0.2, -0.15) is 0 Å². The van der Waals surface area contributed by atoms with Crippen LogP contribution in [-0.2, 0) is 14.2 Å². The van der Waals surface area contributed by atoms with Crippen LogP contribution >= 0.6 is 11.6 Å². The molecule has 0 aromatic heterocycles. The third-order valence-electron chi connectivity index (χ3n) is 3.98. The molecule has 0 spiro atoms. The smallest absolute Gasteiger partial charge is 0.0704 e. The van der Waals surface area contributed by atoms with Crippen LogP contribution in [0.15, 0.2) is 0 Å². The molecule has 0 heterocycles. The monoisotopic (exact) mass is 264 g/mol. The first-order valence-electron chi connectivity index (χ1n) is 6.53. The third-order valence-corrected chi connectivity index (χ3v) is 4.59. The van der Waals surface area contributed by atoms with E-state index in [0.717, 1.165) is 19.3 Å². The average molecular weight is 265 g/mol. The van der Waals surface area contributed by atoms with Crippen LogP contribution in [0.4, 0.5) is 0 Å². The molecule has 2 unspecified atom stereocenters. The van der Waals surface area contributed by atoms with Gasteiger partial charge < -0.3 is 14.2 Å². The van der Waals surface area contributed by atoms with E-state index in [9.17, 15) is 0 Å². The molecule has 102 valence electrons. The maximum absolute atomic E-state index is 6.32. The quantitative estimate of drug-likeness (QED) is 0.473. The first-order valence-corrected chi connectivity index (χ1v) is 6.97. The van der Waals surface area contributed by atoms with Crippen molar-refractivity contribution < 1.29 is 14.2 Å². The van der Waals surface area contributed by atoms with Gasteiger partial charge >= 0.3 is 0 Å². The molecule has 0 aromatic carbocycles.